The number of hydrogen-bond donors (Lipinski definition) is 1. The molecule has 0 unspecified atom stereocenters. The Kier molecular flexibility index (Phi) is 2.88. The number of aliphatic hydroxyl groups is 1. The highest BCUT2D eigenvalue weighted by atomic mass is 16.3. The molecule has 1 aliphatic carbocycles. The first-order chi connectivity index (χ1) is 8.78. The zero-order valence-electron chi connectivity index (χ0n) is 10.6. The molecular weight excluding hydrogens is 226 g/mol. The monoisotopic (exact) mass is 243 g/mol. The third-order valence-corrected chi connectivity index (χ3v) is 3.46. The van der Waals surface area contributed by atoms with Crippen molar-refractivity contribution < 1.29 is 5.11 Å². The summed E-state index contributed by atoms with van der Waals surface area (Å²) >= 11 is 0. The van der Waals surface area contributed by atoms with Crippen LogP contribution in [0.15, 0.2) is 18.5 Å². The summed E-state index contributed by atoms with van der Waals surface area (Å²) in [5.74, 6) is 0.870. The van der Waals surface area contributed by atoms with Crippen molar-refractivity contribution in [2.75, 3.05) is 0 Å². The van der Waals surface area contributed by atoms with Gasteiger partial charge in [-0.25, -0.2) is 9.97 Å². The van der Waals surface area contributed by atoms with Crippen LogP contribution >= 0.6 is 0 Å². The maximum Gasteiger partial charge on any atom is 0.138 e. The highest BCUT2D eigenvalue weighted by molar-refractivity contribution is 5.34. The van der Waals surface area contributed by atoms with Crippen molar-refractivity contribution in [1.29, 1.82) is 0 Å². The average Bonchev–Trinajstić information content (AvgIpc) is 2.81. The molecule has 0 atom stereocenters. The normalized spacial score (nSPS) is 14.6. The van der Waals surface area contributed by atoms with Gasteiger partial charge in [0, 0.05) is 11.4 Å². The van der Waals surface area contributed by atoms with E-state index in [4.69, 9.17) is 0 Å². The number of rotatable bonds is 2. The maximum absolute atomic E-state index is 9.27. The molecule has 1 N–H and O–H groups in total. The van der Waals surface area contributed by atoms with Crippen LogP contribution in [0.25, 0.3) is 5.82 Å². The van der Waals surface area contributed by atoms with Crippen LogP contribution in [0.5, 0.6) is 0 Å². The van der Waals surface area contributed by atoms with Crippen molar-refractivity contribution >= 4 is 0 Å². The van der Waals surface area contributed by atoms with Crippen LogP contribution in [0, 0.1) is 6.92 Å². The molecule has 2 heterocycles. The van der Waals surface area contributed by atoms with Gasteiger partial charge < -0.3 is 5.11 Å². The molecule has 0 bridgehead atoms. The number of nitrogens with zero attached hydrogens (tertiary/aromatic N) is 3. The summed E-state index contributed by atoms with van der Waals surface area (Å²) < 4.78 is 2.07. The van der Waals surface area contributed by atoms with Gasteiger partial charge in [-0.2, -0.15) is 0 Å². The maximum atomic E-state index is 9.27. The van der Waals surface area contributed by atoms with Gasteiger partial charge in [-0.15, -0.1) is 0 Å². The summed E-state index contributed by atoms with van der Waals surface area (Å²) in [6.07, 6.45) is 6.45. The largest absolute Gasteiger partial charge is 0.392 e. The van der Waals surface area contributed by atoms with E-state index in [1.165, 1.54) is 24.2 Å². The van der Waals surface area contributed by atoms with Crippen LogP contribution < -0.4 is 0 Å². The molecule has 0 aromatic carbocycles. The Morgan fingerprint density at radius 2 is 2.11 bits per heavy atom. The van der Waals surface area contributed by atoms with Crippen molar-refractivity contribution in [2.45, 2.75) is 39.2 Å². The molecule has 1 aliphatic rings. The molecular formula is C14H17N3O. The van der Waals surface area contributed by atoms with Gasteiger partial charge in [-0.05, 0) is 50.3 Å². The molecule has 0 fully saturated rings. The van der Waals surface area contributed by atoms with Crippen LogP contribution in [0.2, 0.25) is 0 Å². The van der Waals surface area contributed by atoms with Crippen LogP contribution in [0.4, 0.5) is 0 Å². The van der Waals surface area contributed by atoms with Crippen molar-refractivity contribution in [3.63, 3.8) is 0 Å². The zero-order chi connectivity index (χ0) is 12.5. The standard InChI is InChI=1S/C14H17N3O/c1-10-6-11(8-18)7-14(16-10)17-9-15-12-4-2-3-5-13(12)17/h6-7,9,18H,2-5,8H2,1H3. The summed E-state index contributed by atoms with van der Waals surface area (Å²) in [5.41, 5.74) is 4.31. The Morgan fingerprint density at radius 3 is 2.94 bits per heavy atom. The average molecular weight is 243 g/mol. The van der Waals surface area contributed by atoms with Crippen LogP contribution in [-0.4, -0.2) is 19.6 Å². The molecule has 0 saturated heterocycles. The lowest BCUT2D eigenvalue weighted by molar-refractivity contribution is 0.281. The number of aromatic nitrogens is 3. The zero-order valence-corrected chi connectivity index (χ0v) is 10.6. The third-order valence-electron chi connectivity index (χ3n) is 3.46. The van der Waals surface area contributed by atoms with E-state index < -0.39 is 0 Å². The molecule has 0 saturated carbocycles. The van der Waals surface area contributed by atoms with E-state index in [1.54, 1.807) is 0 Å². The number of imidazole rings is 1. The highest BCUT2D eigenvalue weighted by Gasteiger charge is 2.16. The van der Waals surface area contributed by atoms with E-state index >= 15 is 0 Å². The molecule has 3 rings (SSSR count). The minimum Gasteiger partial charge on any atom is -0.392 e. The first-order valence-electron chi connectivity index (χ1n) is 6.42. The van der Waals surface area contributed by atoms with Crippen LogP contribution in [-0.2, 0) is 19.4 Å². The molecule has 0 aliphatic heterocycles. The molecule has 18 heavy (non-hydrogen) atoms. The Hall–Kier alpha value is -1.68. The van der Waals surface area contributed by atoms with Gasteiger partial charge in [0.2, 0.25) is 0 Å². The number of aryl methyl sites for hydroxylation is 2. The van der Waals surface area contributed by atoms with Crippen LogP contribution in [0.1, 0.15) is 35.5 Å². The summed E-state index contributed by atoms with van der Waals surface area (Å²) in [4.78, 5) is 9.02. The van der Waals surface area contributed by atoms with Gasteiger partial charge in [0.15, 0.2) is 0 Å². The second-order valence-corrected chi connectivity index (χ2v) is 4.85. The third kappa shape index (κ3) is 1.93. The van der Waals surface area contributed by atoms with E-state index in [0.717, 1.165) is 29.9 Å². The van der Waals surface area contributed by atoms with Crippen molar-refractivity contribution in [3.05, 3.63) is 41.1 Å². The highest BCUT2D eigenvalue weighted by Crippen LogP contribution is 2.23. The number of aliphatic hydroxyl groups excluding tert-OH is 1. The first kappa shape index (κ1) is 11.4. The SMILES string of the molecule is Cc1cc(CO)cc(-n2cnc3c2CCCC3)n1. The molecule has 2 aromatic rings. The first-order valence-corrected chi connectivity index (χ1v) is 6.42. The van der Waals surface area contributed by atoms with Crippen LogP contribution in [0.3, 0.4) is 0 Å². The van der Waals surface area contributed by atoms with Gasteiger partial charge in [0.25, 0.3) is 0 Å². The molecule has 2 aromatic heterocycles. The molecule has 94 valence electrons. The minimum atomic E-state index is 0.0489. The predicted octanol–water partition coefficient (Wildman–Crippen LogP) is 1.95. The van der Waals surface area contributed by atoms with Gasteiger partial charge in [-0.1, -0.05) is 0 Å². The fourth-order valence-electron chi connectivity index (χ4n) is 2.60. The van der Waals surface area contributed by atoms with E-state index in [1.807, 2.05) is 25.4 Å². The van der Waals surface area contributed by atoms with E-state index in [-0.39, 0.29) is 6.61 Å². The van der Waals surface area contributed by atoms with Gasteiger partial charge >= 0.3 is 0 Å². The van der Waals surface area contributed by atoms with Gasteiger partial charge in [0.05, 0.1) is 12.3 Å². The van der Waals surface area contributed by atoms with Crippen molar-refractivity contribution in [2.24, 2.45) is 0 Å². The van der Waals surface area contributed by atoms with Gasteiger partial charge in [-0.3, -0.25) is 4.57 Å². The summed E-state index contributed by atoms with van der Waals surface area (Å²) in [6.45, 7) is 2.00. The fourth-order valence-corrected chi connectivity index (χ4v) is 2.60. The van der Waals surface area contributed by atoms with Crippen molar-refractivity contribution in [1.82, 2.24) is 14.5 Å². The lowest BCUT2D eigenvalue weighted by atomic mass is 10.0. The minimum absolute atomic E-state index is 0.0489. The Bertz CT molecular complexity index is 574. The van der Waals surface area contributed by atoms with E-state index in [2.05, 4.69) is 14.5 Å². The number of hydrogen-bond acceptors (Lipinski definition) is 3. The van der Waals surface area contributed by atoms with E-state index in [0.29, 0.717) is 0 Å². The lowest BCUT2D eigenvalue weighted by Crippen LogP contribution is -2.08. The number of fused-ring (bicyclic) bond motifs is 1. The molecule has 4 heteroatoms. The molecule has 0 radical (unpaired) electrons. The quantitative estimate of drug-likeness (QED) is 0.877. The topological polar surface area (TPSA) is 50.9 Å². The molecule has 0 spiro atoms. The molecule has 4 nitrogen and oxygen atoms in total. The predicted molar refractivity (Wildman–Crippen MR) is 68.7 cm³/mol. The Balaban J connectivity index is 2.09. The number of pyridine rings is 1. The van der Waals surface area contributed by atoms with Crippen molar-refractivity contribution in [3.8, 4) is 5.82 Å². The summed E-state index contributed by atoms with van der Waals surface area (Å²) in [6, 6.07) is 3.84. The fraction of sp³-hybridized carbons (Fsp3) is 0.429. The summed E-state index contributed by atoms with van der Waals surface area (Å²) in [5, 5.41) is 9.27. The van der Waals surface area contributed by atoms with E-state index in [9.17, 15) is 5.11 Å². The smallest absolute Gasteiger partial charge is 0.138 e. The lowest BCUT2D eigenvalue weighted by Gasteiger charge is -2.14. The Morgan fingerprint density at radius 1 is 1.28 bits per heavy atom. The second-order valence-electron chi connectivity index (χ2n) is 4.85. The summed E-state index contributed by atoms with van der Waals surface area (Å²) in [7, 11) is 0. The molecule has 0 amide bonds. The Labute approximate surface area is 106 Å². The second kappa shape index (κ2) is 4.53. The van der Waals surface area contributed by atoms with Gasteiger partial charge in [0.1, 0.15) is 12.1 Å².